The molecular formula is C25H29N3O2. The molecule has 1 heterocycles. The van der Waals surface area contributed by atoms with Gasteiger partial charge in [0.15, 0.2) is 6.10 Å². The number of rotatable bonds is 6. The van der Waals surface area contributed by atoms with E-state index in [1.807, 2.05) is 48.5 Å². The number of amides is 1. The summed E-state index contributed by atoms with van der Waals surface area (Å²) in [4.78, 5) is 21.2. The van der Waals surface area contributed by atoms with E-state index in [1.165, 1.54) is 11.9 Å². The minimum atomic E-state index is -0.621. The van der Waals surface area contributed by atoms with Crippen molar-refractivity contribution < 1.29 is 9.53 Å². The van der Waals surface area contributed by atoms with Gasteiger partial charge in [-0.25, -0.2) is 9.97 Å². The second-order valence-electron chi connectivity index (χ2n) is 8.49. The van der Waals surface area contributed by atoms with E-state index in [4.69, 9.17) is 4.74 Å². The Kier molecular flexibility index (Phi) is 6.50. The lowest BCUT2D eigenvalue weighted by atomic mass is 9.85. The molecule has 156 valence electrons. The number of hydrogen-bond acceptors (Lipinski definition) is 4. The third-order valence-corrected chi connectivity index (χ3v) is 4.85. The maximum absolute atomic E-state index is 12.6. The van der Waals surface area contributed by atoms with Gasteiger partial charge in [-0.3, -0.25) is 4.79 Å². The van der Waals surface area contributed by atoms with E-state index in [-0.39, 0.29) is 11.3 Å². The first-order valence-electron chi connectivity index (χ1n) is 10.2. The normalized spacial score (nSPS) is 12.3. The van der Waals surface area contributed by atoms with Crippen molar-refractivity contribution in [2.45, 2.75) is 52.7 Å². The topological polar surface area (TPSA) is 64.1 Å². The molecule has 0 aliphatic rings. The summed E-state index contributed by atoms with van der Waals surface area (Å²) in [6.45, 7) is 10.5. The van der Waals surface area contributed by atoms with Gasteiger partial charge >= 0.3 is 0 Å². The first kappa shape index (κ1) is 21.5. The van der Waals surface area contributed by atoms with Crippen molar-refractivity contribution in [2.24, 2.45) is 0 Å². The van der Waals surface area contributed by atoms with Crippen LogP contribution in [0.5, 0.6) is 5.75 Å². The maximum atomic E-state index is 12.6. The van der Waals surface area contributed by atoms with Gasteiger partial charge < -0.3 is 10.1 Å². The molecule has 0 spiro atoms. The molecule has 0 aliphatic heterocycles. The quantitative estimate of drug-likeness (QED) is 0.640. The van der Waals surface area contributed by atoms with Crippen LogP contribution in [0.4, 0.5) is 0 Å². The highest BCUT2D eigenvalue weighted by Crippen LogP contribution is 2.32. The van der Waals surface area contributed by atoms with Crippen LogP contribution in [-0.2, 0) is 16.8 Å². The van der Waals surface area contributed by atoms with Crippen LogP contribution in [0.2, 0.25) is 0 Å². The molecule has 1 atom stereocenters. The van der Waals surface area contributed by atoms with Crippen molar-refractivity contribution in [1.29, 1.82) is 0 Å². The van der Waals surface area contributed by atoms with Crippen LogP contribution in [0, 0.1) is 6.92 Å². The Morgan fingerprint density at radius 3 is 2.50 bits per heavy atom. The van der Waals surface area contributed by atoms with E-state index in [9.17, 15) is 4.79 Å². The Hall–Kier alpha value is -3.21. The number of benzene rings is 2. The number of ether oxygens (including phenoxy) is 1. The molecule has 0 saturated carbocycles. The molecule has 30 heavy (non-hydrogen) atoms. The number of aryl methyl sites for hydroxylation is 1. The van der Waals surface area contributed by atoms with E-state index in [2.05, 4.69) is 49.0 Å². The Balaban J connectivity index is 1.65. The van der Waals surface area contributed by atoms with Gasteiger partial charge in [0.2, 0.25) is 0 Å². The van der Waals surface area contributed by atoms with Gasteiger partial charge in [0, 0.05) is 5.56 Å². The van der Waals surface area contributed by atoms with E-state index < -0.39 is 6.10 Å². The Labute approximate surface area is 178 Å². The molecule has 5 nitrogen and oxygen atoms in total. The number of nitrogens with zero attached hydrogens (tertiary/aromatic N) is 2. The van der Waals surface area contributed by atoms with E-state index >= 15 is 0 Å². The average molecular weight is 404 g/mol. The summed E-state index contributed by atoms with van der Waals surface area (Å²) in [6, 6.07) is 17.8. The van der Waals surface area contributed by atoms with Crippen LogP contribution >= 0.6 is 0 Å². The van der Waals surface area contributed by atoms with Gasteiger partial charge in [-0.1, -0.05) is 68.8 Å². The number of nitrogens with one attached hydrogen (secondary N) is 1. The SMILES string of the molecule is Cc1ccc(OC(C)C(=O)NCc2cc(-c3ccccc3)ncn2)c(C(C)(C)C)c1. The van der Waals surface area contributed by atoms with E-state index in [1.54, 1.807) is 6.92 Å². The first-order chi connectivity index (χ1) is 14.2. The number of carbonyl (C=O) groups excluding carboxylic acids is 1. The van der Waals surface area contributed by atoms with Gasteiger partial charge in [-0.15, -0.1) is 0 Å². The average Bonchev–Trinajstić information content (AvgIpc) is 2.73. The largest absolute Gasteiger partial charge is 0.481 e. The van der Waals surface area contributed by atoms with Crippen LogP contribution in [-0.4, -0.2) is 22.0 Å². The number of hydrogen-bond donors (Lipinski definition) is 1. The molecule has 0 bridgehead atoms. The summed E-state index contributed by atoms with van der Waals surface area (Å²) in [5.41, 5.74) is 4.77. The van der Waals surface area contributed by atoms with Gasteiger partial charge in [0.1, 0.15) is 12.1 Å². The standard InChI is InChI=1S/C25H29N3O2/c1-17-11-12-23(21(13-17)25(3,4)5)30-18(2)24(29)26-15-20-14-22(28-16-27-20)19-9-7-6-8-10-19/h6-14,16,18H,15H2,1-5H3,(H,26,29). The smallest absolute Gasteiger partial charge is 0.261 e. The molecule has 1 aromatic heterocycles. The molecule has 2 aromatic carbocycles. The summed E-state index contributed by atoms with van der Waals surface area (Å²) in [7, 11) is 0. The van der Waals surface area contributed by atoms with Gasteiger partial charge in [-0.05, 0) is 37.0 Å². The molecule has 1 unspecified atom stereocenters. The fraction of sp³-hybridized carbons (Fsp3) is 0.320. The van der Waals surface area contributed by atoms with Crippen molar-refractivity contribution in [3.63, 3.8) is 0 Å². The number of carbonyl (C=O) groups is 1. The molecule has 1 N–H and O–H groups in total. The Morgan fingerprint density at radius 2 is 1.80 bits per heavy atom. The molecule has 0 fully saturated rings. The second-order valence-corrected chi connectivity index (χ2v) is 8.49. The monoisotopic (exact) mass is 403 g/mol. The summed E-state index contributed by atoms with van der Waals surface area (Å²) in [5.74, 6) is 0.555. The van der Waals surface area contributed by atoms with Gasteiger partial charge in [0.25, 0.3) is 5.91 Å². The predicted octanol–water partition coefficient (Wildman–Crippen LogP) is 4.83. The van der Waals surface area contributed by atoms with Crippen LogP contribution in [0.25, 0.3) is 11.3 Å². The molecule has 1 amide bonds. The van der Waals surface area contributed by atoms with Gasteiger partial charge in [-0.2, -0.15) is 0 Å². The third-order valence-electron chi connectivity index (χ3n) is 4.85. The summed E-state index contributed by atoms with van der Waals surface area (Å²) >= 11 is 0. The fourth-order valence-corrected chi connectivity index (χ4v) is 3.16. The third kappa shape index (κ3) is 5.44. The Morgan fingerprint density at radius 1 is 1.07 bits per heavy atom. The molecule has 0 saturated heterocycles. The molecular weight excluding hydrogens is 374 g/mol. The van der Waals surface area contributed by atoms with Gasteiger partial charge in [0.05, 0.1) is 17.9 Å². The van der Waals surface area contributed by atoms with Crippen molar-refractivity contribution >= 4 is 5.91 Å². The predicted molar refractivity (Wildman–Crippen MR) is 119 cm³/mol. The lowest BCUT2D eigenvalue weighted by molar-refractivity contribution is -0.127. The zero-order chi connectivity index (χ0) is 21.7. The van der Waals surface area contributed by atoms with Crippen LogP contribution < -0.4 is 10.1 Å². The van der Waals surface area contributed by atoms with Crippen molar-refractivity contribution in [3.05, 3.63) is 77.7 Å². The van der Waals surface area contributed by atoms with Crippen molar-refractivity contribution in [2.75, 3.05) is 0 Å². The lowest BCUT2D eigenvalue weighted by Crippen LogP contribution is -2.36. The zero-order valence-corrected chi connectivity index (χ0v) is 18.3. The minimum absolute atomic E-state index is 0.0770. The van der Waals surface area contributed by atoms with E-state index in [0.717, 1.165) is 28.3 Å². The molecule has 0 aliphatic carbocycles. The Bertz CT molecular complexity index is 1010. The zero-order valence-electron chi connectivity index (χ0n) is 18.3. The highest BCUT2D eigenvalue weighted by atomic mass is 16.5. The second kappa shape index (κ2) is 9.08. The summed E-state index contributed by atoms with van der Waals surface area (Å²) in [5, 5.41) is 2.91. The fourth-order valence-electron chi connectivity index (χ4n) is 3.16. The molecule has 3 aromatic rings. The van der Waals surface area contributed by atoms with Crippen LogP contribution in [0.3, 0.4) is 0 Å². The first-order valence-corrected chi connectivity index (χ1v) is 10.2. The summed E-state index contributed by atoms with van der Waals surface area (Å²) in [6.07, 6.45) is 0.898. The minimum Gasteiger partial charge on any atom is -0.481 e. The van der Waals surface area contributed by atoms with E-state index in [0.29, 0.717) is 6.54 Å². The van der Waals surface area contributed by atoms with Crippen molar-refractivity contribution in [1.82, 2.24) is 15.3 Å². The van der Waals surface area contributed by atoms with Crippen molar-refractivity contribution in [3.8, 4) is 17.0 Å². The highest BCUT2D eigenvalue weighted by molar-refractivity contribution is 5.80. The van der Waals surface area contributed by atoms with Crippen LogP contribution in [0.1, 0.15) is 44.5 Å². The number of aromatic nitrogens is 2. The maximum Gasteiger partial charge on any atom is 0.261 e. The molecule has 5 heteroatoms. The lowest BCUT2D eigenvalue weighted by Gasteiger charge is -2.25. The van der Waals surface area contributed by atoms with Crippen LogP contribution in [0.15, 0.2) is 60.9 Å². The summed E-state index contributed by atoms with van der Waals surface area (Å²) < 4.78 is 6.03. The highest BCUT2D eigenvalue weighted by Gasteiger charge is 2.22. The molecule has 0 radical (unpaired) electrons. The molecule has 3 rings (SSSR count).